The Morgan fingerprint density at radius 3 is 2.96 bits per heavy atom. The van der Waals surface area contributed by atoms with E-state index >= 15 is 0 Å². The second-order valence-corrected chi connectivity index (χ2v) is 6.99. The number of aromatic nitrogens is 3. The molecule has 0 fully saturated rings. The molecule has 4 nitrogen and oxygen atoms in total. The van der Waals surface area contributed by atoms with Gasteiger partial charge in [0.25, 0.3) is 0 Å². The van der Waals surface area contributed by atoms with Gasteiger partial charge in [0.05, 0.1) is 10.2 Å². The summed E-state index contributed by atoms with van der Waals surface area (Å²) >= 11 is 3.45. The Balaban J connectivity index is 1.77. The highest BCUT2D eigenvalue weighted by atomic mass is 79.9. The van der Waals surface area contributed by atoms with E-state index in [1.165, 1.54) is 24.0 Å². The summed E-state index contributed by atoms with van der Waals surface area (Å²) in [5, 5.41) is 8.45. The minimum Gasteiger partial charge on any atom is -0.309 e. The van der Waals surface area contributed by atoms with Crippen LogP contribution in [-0.2, 0) is 0 Å². The molecule has 0 saturated carbocycles. The average Bonchev–Trinajstić information content (AvgIpc) is 2.98. The van der Waals surface area contributed by atoms with Gasteiger partial charge >= 0.3 is 0 Å². The van der Waals surface area contributed by atoms with E-state index in [1.54, 1.807) is 0 Å². The van der Waals surface area contributed by atoms with Crippen LogP contribution in [0, 0.1) is 0 Å². The first kappa shape index (κ1) is 14.8. The van der Waals surface area contributed by atoms with Gasteiger partial charge in [0.15, 0.2) is 5.65 Å². The van der Waals surface area contributed by atoms with Crippen LogP contribution in [0.4, 0.5) is 0 Å². The molecule has 0 bridgehead atoms. The Bertz CT molecular complexity index is 842. The fourth-order valence-corrected chi connectivity index (χ4v) is 3.77. The first-order valence-corrected chi connectivity index (χ1v) is 8.88. The predicted molar refractivity (Wildman–Crippen MR) is 94.6 cm³/mol. The summed E-state index contributed by atoms with van der Waals surface area (Å²) in [6, 6.07) is 11.3. The summed E-state index contributed by atoms with van der Waals surface area (Å²) in [6.45, 7) is 3.16. The smallest absolute Gasteiger partial charge is 0.155 e. The maximum atomic E-state index is 4.75. The van der Waals surface area contributed by atoms with Crippen LogP contribution in [-0.4, -0.2) is 21.1 Å². The Morgan fingerprint density at radius 2 is 2.13 bits per heavy atom. The molecule has 0 saturated heterocycles. The zero-order valence-electron chi connectivity index (χ0n) is 13.0. The van der Waals surface area contributed by atoms with Crippen LogP contribution in [0.2, 0.25) is 0 Å². The van der Waals surface area contributed by atoms with Crippen molar-refractivity contribution in [1.29, 1.82) is 0 Å². The first-order chi connectivity index (χ1) is 11.3. The minimum atomic E-state index is 0.278. The van der Waals surface area contributed by atoms with Crippen LogP contribution < -0.4 is 5.32 Å². The van der Waals surface area contributed by atoms with Crippen LogP contribution in [0.15, 0.2) is 47.2 Å². The van der Waals surface area contributed by atoms with E-state index in [4.69, 9.17) is 5.10 Å². The predicted octanol–water partition coefficient (Wildman–Crippen LogP) is 4.07. The van der Waals surface area contributed by atoms with Crippen molar-refractivity contribution in [2.24, 2.45) is 0 Å². The van der Waals surface area contributed by atoms with Gasteiger partial charge in [-0.1, -0.05) is 37.6 Å². The standard InChI is InChI=1S/C18H19BrN4/c1-2-5-16-14-7-4-3-6-13(14)15(10-20-16)17-8-18-21-9-12(19)11-23(18)22-17/h3-4,6-9,11,15-16,20H,2,5,10H2,1H3. The molecule has 1 aromatic carbocycles. The molecule has 0 amide bonds. The molecular formula is C18H19BrN4. The number of halogens is 1. The maximum Gasteiger partial charge on any atom is 0.155 e. The molecule has 0 spiro atoms. The number of fused-ring (bicyclic) bond motifs is 2. The molecule has 1 N–H and O–H groups in total. The maximum absolute atomic E-state index is 4.75. The summed E-state index contributed by atoms with van der Waals surface area (Å²) in [5.41, 5.74) is 4.77. The lowest BCUT2D eigenvalue weighted by atomic mass is 9.83. The van der Waals surface area contributed by atoms with E-state index in [1.807, 2.05) is 16.9 Å². The van der Waals surface area contributed by atoms with Gasteiger partial charge in [-0.15, -0.1) is 0 Å². The molecule has 1 aliphatic heterocycles. The number of hydrogen-bond acceptors (Lipinski definition) is 3. The van der Waals surface area contributed by atoms with Crippen LogP contribution >= 0.6 is 15.9 Å². The summed E-state index contributed by atoms with van der Waals surface area (Å²) in [4.78, 5) is 4.43. The van der Waals surface area contributed by atoms with E-state index in [9.17, 15) is 0 Å². The monoisotopic (exact) mass is 370 g/mol. The fraction of sp³-hybridized carbons (Fsp3) is 0.333. The molecule has 2 aromatic heterocycles. The zero-order valence-corrected chi connectivity index (χ0v) is 14.6. The van der Waals surface area contributed by atoms with E-state index in [0.717, 1.165) is 22.4 Å². The van der Waals surface area contributed by atoms with Crippen LogP contribution in [0.5, 0.6) is 0 Å². The summed E-state index contributed by atoms with van der Waals surface area (Å²) in [6.07, 6.45) is 6.12. The number of nitrogens with zero attached hydrogens (tertiary/aromatic N) is 3. The Morgan fingerprint density at radius 1 is 1.30 bits per heavy atom. The van der Waals surface area contributed by atoms with Gasteiger partial charge in [-0.2, -0.15) is 5.10 Å². The van der Waals surface area contributed by atoms with E-state index < -0.39 is 0 Å². The second kappa shape index (κ2) is 6.06. The molecule has 1 aliphatic rings. The zero-order chi connectivity index (χ0) is 15.8. The van der Waals surface area contributed by atoms with Gasteiger partial charge in [0, 0.05) is 37.0 Å². The third-order valence-electron chi connectivity index (χ3n) is 4.55. The molecule has 0 radical (unpaired) electrons. The van der Waals surface area contributed by atoms with Crippen molar-refractivity contribution in [2.75, 3.05) is 6.54 Å². The summed E-state index contributed by atoms with van der Waals surface area (Å²) in [5.74, 6) is 0.278. The van der Waals surface area contributed by atoms with Crippen molar-refractivity contribution in [2.45, 2.75) is 31.7 Å². The van der Waals surface area contributed by atoms with Crippen molar-refractivity contribution < 1.29 is 0 Å². The number of benzene rings is 1. The van der Waals surface area contributed by atoms with Crippen LogP contribution in [0.1, 0.15) is 48.5 Å². The third-order valence-corrected chi connectivity index (χ3v) is 4.96. The Kier molecular flexibility index (Phi) is 3.91. The number of hydrogen-bond donors (Lipinski definition) is 1. The molecular weight excluding hydrogens is 352 g/mol. The lowest BCUT2D eigenvalue weighted by molar-refractivity contribution is 0.446. The normalized spacial score (nSPS) is 20.6. The van der Waals surface area contributed by atoms with Gasteiger partial charge in [0.2, 0.25) is 0 Å². The van der Waals surface area contributed by atoms with Gasteiger partial charge < -0.3 is 5.32 Å². The van der Waals surface area contributed by atoms with Crippen molar-refractivity contribution in [3.63, 3.8) is 0 Å². The second-order valence-electron chi connectivity index (χ2n) is 6.08. The number of rotatable bonds is 3. The highest BCUT2D eigenvalue weighted by molar-refractivity contribution is 9.10. The molecule has 118 valence electrons. The van der Waals surface area contributed by atoms with E-state index in [2.05, 4.69) is 63.5 Å². The third kappa shape index (κ3) is 2.68. The minimum absolute atomic E-state index is 0.278. The Labute approximate surface area is 144 Å². The van der Waals surface area contributed by atoms with Crippen molar-refractivity contribution in [3.05, 3.63) is 64.0 Å². The molecule has 5 heteroatoms. The lowest BCUT2D eigenvalue weighted by Crippen LogP contribution is -2.33. The highest BCUT2D eigenvalue weighted by Gasteiger charge is 2.28. The van der Waals surface area contributed by atoms with Crippen LogP contribution in [0.25, 0.3) is 5.65 Å². The van der Waals surface area contributed by atoms with Crippen molar-refractivity contribution in [1.82, 2.24) is 19.9 Å². The highest BCUT2D eigenvalue weighted by Crippen LogP contribution is 2.35. The molecule has 23 heavy (non-hydrogen) atoms. The molecule has 0 aliphatic carbocycles. The number of nitrogens with one attached hydrogen (secondary N) is 1. The molecule has 2 unspecified atom stereocenters. The fourth-order valence-electron chi connectivity index (χ4n) is 3.48. The van der Waals surface area contributed by atoms with Crippen molar-refractivity contribution >= 4 is 21.6 Å². The molecule has 3 heterocycles. The summed E-state index contributed by atoms with van der Waals surface area (Å²) < 4.78 is 2.78. The molecule has 4 rings (SSSR count). The quantitative estimate of drug-likeness (QED) is 0.755. The van der Waals surface area contributed by atoms with Gasteiger partial charge in [-0.3, -0.25) is 0 Å². The van der Waals surface area contributed by atoms with E-state index in [-0.39, 0.29) is 5.92 Å². The Hall–Kier alpha value is -1.72. The largest absolute Gasteiger partial charge is 0.309 e. The first-order valence-electron chi connectivity index (χ1n) is 8.09. The van der Waals surface area contributed by atoms with E-state index in [0.29, 0.717) is 6.04 Å². The summed E-state index contributed by atoms with van der Waals surface area (Å²) in [7, 11) is 0. The van der Waals surface area contributed by atoms with Gasteiger partial charge in [0.1, 0.15) is 0 Å². The molecule has 2 atom stereocenters. The average molecular weight is 371 g/mol. The van der Waals surface area contributed by atoms with Crippen molar-refractivity contribution in [3.8, 4) is 0 Å². The van der Waals surface area contributed by atoms with Gasteiger partial charge in [-0.25, -0.2) is 9.50 Å². The SMILES string of the molecule is CCCC1NCC(c2cc3ncc(Br)cn3n2)c2ccccc21. The lowest BCUT2D eigenvalue weighted by Gasteiger charge is -2.32. The van der Waals surface area contributed by atoms with Gasteiger partial charge in [-0.05, 0) is 33.5 Å². The van der Waals surface area contributed by atoms with Crippen LogP contribution in [0.3, 0.4) is 0 Å². The topological polar surface area (TPSA) is 42.2 Å². The molecule has 3 aromatic rings.